The summed E-state index contributed by atoms with van der Waals surface area (Å²) in [5, 5.41) is 0. The molecule has 0 aromatic heterocycles. The van der Waals surface area contributed by atoms with Gasteiger partial charge in [0.2, 0.25) is 0 Å². The van der Waals surface area contributed by atoms with Crippen LogP contribution in [0.2, 0.25) is 0 Å². The number of hydrogen-bond donors (Lipinski definition) is 1. The molecule has 1 atom stereocenters. The topological polar surface area (TPSA) is 29.3 Å². The van der Waals surface area contributed by atoms with E-state index < -0.39 is 0 Å². The molecule has 0 aliphatic carbocycles. The minimum atomic E-state index is -0.318. The van der Waals surface area contributed by atoms with Crippen molar-refractivity contribution in [1.82, 2.24) is 4.90 Å². The minimum absolute atomic E-state index is 0.220. The van der Waals surface area contributed by atoms with Gasteiger partial charge in [-0.1, -0.05) is 36.4 Å². The van der Waals surface area contributed by atoms with E-state index in [2.05, 4.69) is 29.2 Å². The predicted octanol–water partition coefficient (Wildman–Crippen LogP) is 3.40. The fraction of sp³-hybridized carbons (Fsp3) is 0.294. The lowest BCUT2D eigenvalue weighted by molar-refractivity contribution is 0.326. The van der Waals surface area contributed by atoms with Gasteiger partial charge in [0.1, 0.15) is 5.82 Å². The molecule has 1 aliphatic rings. The predicted molar refractivity (Wildman–Crippen MR) is 79.9 cm³/mol. The summed E-state index contributed by atoms with van der Waals surface area (Å²) in [6, 6.07) is 15.7. The highest BCUT2D eigenvalue weighted by molar-refractivity contribution is 5.41. The molecule has 3 rings (SSSR count). The molecule has 2 nitrogen and oxygen atoms in total. The van der Waals surface area contributed by atoms with E-state index in [-0.39, 0.29) is 11.5 Å². The summed E-state index contributed by atoms with van der Waals surface area (Å²) < 4.78 is 13.5. The van der Waals surface area contributed by atoms with Crippen molar-refractivity contribution in [2.75, 3.05) is 18.8 Å². The molecule has 2 N–H and O–H groups in total. The van der Waals surface area contributed by atoms with Gasteiger partial charge in [0, 0.05) is 13.1 Å². The van der Waals surface area contributed by atoms with Gasteiger partial charge in [-0.05, 0) is 42.1 Å². The van der Waals surface area contributed by atoms with E-state index in [1.54, 1.807) is 12.1 Å². The Hall–Kier alpha value is -1.87. The lowest BCUT2D eigenvalue weighted by atomic mass is 9.99. The molecule has 0 bridgehead atoms. The van der Waals surface area contributed by atoms with Gasteiger partial charge in [0.25, 0.3) is 0 Å². The number of halogens is 1. The molecule has 1 aliphatic heterocycles. The molecule has 3 heteroatoms. The second-order valence-corrected chi connectivity index (χ2v) is 5.49. The second-order valence-electron chi connectivity index (χ2n) is 5.49. The molecule has 0 saturated carbocycles. The average Bonchev–Trinajstić information content (AvgIpc) is 2.92. The van der Waals surface area contributed by atoms with Crippen molar-refractivity contribution in [3.63, 3.8) is 0 Å². The highest BCUT2D eigenvalue weighted by atomic mass is 19.1. The van der Waals surface area contributed by atoms with Crippen LogP contribution < -0.4 is 5.73 Å². The highest BCUT2D eigenvalue weighted by Crippen LogP contribution is 2.28. The number of hydrogen-bond acceptors (Lipinski definition) is 2. The molecule has 1 unspecified atom stereocenters. The molecule has 0 spiro atoms. The first-order valence-corrected chi connectivity index (χ1v) is 7.03. The van der Waals surface area contributed by atoms with Gasteiger partial charge in [-0.2, -0.15) is 0 Å². The minimum Gasteiger partial charge on any atom is -0.396 e. The lowest BCUT2D eigenvalue weighted by Gasteiger charge is -2.16. The SMILES string of the molecule is Nc1ccc(CN2CCC(c3ccccc3)C2)cc1F. The standard InChI is InChI=1S/C17H19FN2/c18-16-10-13(6-7-17(16)19)11-20-9-8-15(12-20)14-4-2-1-3-5-14/h1-7,10,15H,8-9,11-12,19H2. The largest absolute Gasteiger partial charge is 0.396 e. The van der Waals surface area contributed by atoms with Crippen LogP contribution in [-0.2, 0) is 6.54 Å². The van der Waals surface area contributed by atoms with Crippen LogP contribution in [0, 0.1) is 5.82 Å². The third-order valence-electron chi connectivity index (χ3n) is 4.01. The van der Waals surface area contributed by atoms with Crippen LogP contribution in [0.15, 0.2) is 48.5 Å². The monoisotopic (exact) mass is 270 g/mol. The Morgan fingerprint density at radius 3 is 2.70 bits per heavy atom. The Morgan fingerprint density at radius 2 is 1.95 bits per heavy atom. The number of benzene rings is 2. The third kappa shape index (κ3) is 2.83. The van der Waals surface area contributed by atoms with Crippen molar-refractivity contribution in [2.24, 2.45) is 0 Å². The van der Waals surface area contributed by atoms with E-state index in [1.165, 1.54) is 12.0 Å². The first-order chi connectivity index (χ1) is 9.72. The normalized spacial score (nSPS) is 19.4. The summed E-state index contributed by atoms with van der Waals surface area (Å²) in [6.07, 6.45) is 1.17. The van der Waals surface area contributed by atoms with Crippen LogP contribution in [0.1, 0.15) is 23.5 Å². The van der Waals surface area contributed by atoms with E-state index in [4.69, 9.17) is 5.73 Å². The van der Waals surface area contributed by atoms with E-state index in [9.17, 15) is 4.39 Å². The fourth-order valence-corrected chi connectivity index (χ4v) is 2.90. The lowest BCUT2D eigenvalue weighted by Crippen LogP contribution is -2.19. The second kappa shape index (κ2) is 5.63. The van der Waals surface area contributed by atoms with E-state index in [1.807, 2.05) is 12.1 Å². The third-order valence-corrected chi connectivity index (χ3v) is 4.01. The van der Waals surface area contributed by atoms with Gasteiger partial charge in [-0.3, -0.25) is 4.90 Å². The van der Waals surface area contributed by atoms with Crippen molar-refractivity contribution in [3.8, 4) is 0 Å². The van der Waals surface area contributed by atoms with E-state index >= 15 is 0 Å². The molecular weight excluding hydrogens is 251 g/mol. The molecule has 0 amide bonds. The highest BCUT2D eigenvalue weighted by Gasteiger charge is 2.23. The zero-order chi connectivity index (χ0) is 13.9. The Balaban J connectivity index is 1.64. The summed E-state index contributed by atoms with van der Waals surface area (Å²) in [4.78, 5) is 2.38. The molecule has 104 valence electrons. The molecule has 1 saturated heterocycles. The average molecular weight is 270 g/mol. The van der Waals surface area contributed by atoms with Crippen molar-refractivity contribution < 1.29 is 4.39 Å². The summed E-state index contributed by atoms with van der Waals surface area (Å²) >= 11 is 0. The quantitative estimate of drug-likeness (QED) is 0.866. The molecular formula is C17H19FN2. The zero-order valence-corrected chi connectivity index (χ0v) is 11.4. The number of anilines is 1. The Bertz CT molecular complexity index is 583. The van der Waals surface area contributed by atoms with Crippen molar-refractivity contribution in [2.45, 2.75) is 18.9 Å². The number of rotatable bonds is 3. The number of nitrogen functional groups attached to an aromatic ring is 1. The smallest absolute Gasteiger partial charge is 0.146 e. The van der Waals surface area contributed by atoms with Gasteiger partial charge >= 0.3 is 0 Å². The number of nitrogens with two attached hydrogens (primary N) is 1. The van der Waals surface area contributed by atoms with Crippen LogP contribution in [0.3, 0.4) is 0 Å². The maximum absolute atomic E-state index is 13.5. The van der Waals surface area contributed by atoms with Crippen LogP contribution >= 0.6 is 0 Å². The summed E-state index contributed by atoms with van der Waals surface area (Å²) in [5.74, 6) is 0.274. The molecule has 2 aromatic carbocycles. The van der Waals surface area contributed by atoms with Gasteiger partial charge in [0.05, 0.1) is 5.69 Å². The first kappa shape index (κ1) is 13.1. The van der Waals surface area contributed by atoms with Crippen molar-refractivity contribution in [1.29, 1.82) is 0 Å². The first-order valence-electron chi connectivity index (χ1n) is 7.03. The molecule has 20 heavy (non-hydrogen) atoms. The van der Waals surface area contributed by atoms with Crippen LogP contribution in [-0.4, -0.2) is 18.0 Å². The maximum atomic E-state index is 13.5. The zero-order valence-electron chi connectivity index (χ0n) is 11.4. The Morgan fingerprint density at radius 1 is 1.15 bits per heavy atom. The van der Waals surface area contributed by atoms with E-state index in [0.717, 1.165) is 25.2 Å². The molecule has 1 heterocycles. The Labute approximate surface area is 119 Å². The number of nitrogens with zero attached hydrogens (tertiary/aromatic N) is 1. The summed E-state index contributed by atoms with van der Waals surface area (Å²) in [6.45, 7) is 2.89. The van der Waals surface area contributed by atoms with Crippen molar-refractivity contribution in [3.05, 3.63) is 65.5 Å². The fourth-order valence-electron chi connectivity index (χ4n) is 2.90. The molecule has 2 aromatic rings. The summed E-state index contributed by atoms with van der Waals surface area (Å²) in [7, 11) is 0. The van der Waals surface area contributed by atoms with Gasteiger partial charge < -0.3 is 5.73 Å². The van der Waals surface area contributed by atoms with Gasteiger partial charge in [-0.25, -0.2) is 4.39 Å². The molecule has 0 radical (unpaired) electrons. The van der Waals surface area contributed by atoms with Crippen LogP contribution in [0.5, 0.6) is 0 Å². The van der Waals surface area contributed by atoms with Crippen molar-refractivity contribution >= 4 is 5.69 Å². The summed E-state index contributed by atoms with van der Waals surface area (Å²) in [5.41, 5.74) is 8.12. The number of likely N-dealkylation sites (tertiary alicyclic amines) is 1. The Kier molecular flexibility index (Phi) is 3.70. The van der Waals surface area contributed by atoms with E-state index in [0.29, 0.717) is 5.92 Å². The van der Waals surface area contributed by atoms with Crippen LogP contribution in [0.4, 0.5) is 10.1 Å². The van der Waals surface area contributed by atoms with Gasteiger partial charge in [0.15, 0.2) is 0 Å². The maximum Gasteiger partial charge on any atom is 0.146 e. The molecule has 1 fully saturated rings. The van der Waals surface area contributed by atoms with Crippen LogP contribution in [0.25, 0.3) is 0 Å². The van der Waals surface area contributed by atoms with Gasteiger partial charge in [-0.15, -0.1) is 0 Å².